The van der Waals surface area contributed by atoms with E-state index >= 15 is 0 Å². The third kappa shape index (κ3) is 2.54. The highest BCUT2D eigenvalue weighted by atomic mass is 19.1. The van der Waals surface area contributed by atoms with E-state index in [1.54, 1.807) is 23.0 Å². The van der Waals surface area contributed by atoms with Crippen LogP contribution in [0.4, 0.5) is 4.39 Å². The highest BCUT2D eigenvalue weighted by Crippen LogP contribution is 2.18. The van der Waals surface area contributed by atoms with Gasteiger partial charge in [-0.2, -0.15) is 0 Å². The van der Waals surface area contributed by atoms with Crippen LogP contribution in [-0.4, -0.2) is 25.2 Å². The van der Waals surface area contributed by atoms with E-state index in [9.17, 15) is 4.39 Å². The van der Waals surface area contributed by atoms with Gasteiger partial charge in [0.2, 0.25) is 11.8 Å². The lowest BCUT2D eigenvalue weighted by Crippen LogP contribution is -2.00. The second-order valence-corrected chi connectivity index (χ2v) is 4.12. The lowest BCUT2D eigenvalue weighted by molar-refractivity contribution is 0.469. The van der Waals surface area contributed by atoms with Gasteiger partial charge in [-0.3, -0.25) is 0 Å². The minimum absolute atomic E-state index is 0.307. The van der Waals surface area contributed by atoms with Gasteiger partial charge in [0.25, 0.3) is 0 Å². The van der Waals surface area contributed by atoms with Gasteiger partial charge in [-0.25, -0.2) is 9.07 Å². The summed E-state index contributed by atoms with van der Waals surface area (Å²) in [5.74, 6) is 0.405. The van der Waals surface area contributed by atoms with Crippen LogP contribution in [0.2, 0.25) is 0 Å². The number of rotatable bonds is 4. The van der Waals surface area contributed by atoms with Crippen molar-refractivity contribution in [2.24, 2.45) is 5.73 Å². The second-order valence-electron chi connectivity index (χ2n) is 4.12. The summed E-state index contributed by atoms with van der Waals surface area (Å²) in [6.07, 6.45) is 1.71. The third-order valence-corrected chi connectivity index (χ3v) is 2.65. The van der Waals surface area contributed by atoms with Gasteiger partial charge in [0, 0.05) is 12.1 Å². The molecule has 0 fully saturated rings. The van der Waals surface area contributed by atoms with Gasteiger partial charge in [0.15, 0.2) is 0 Å². The van der Waals surface area contributed by atoms with Crippen LogP contribution in [0.1, 0.15) is 11.6 Å². The predicted molar refractivity (Wildman–Crippen MR) is 66.7 cm³/mol. The Morgan fingerprint density at radius 3 is 2.65 bits per heavy atom. The molecule has 3 aromatic rings. The molecule has 7 nitrogen and oxygen atoms in total. The zero-order chi connectivity index (χ0) is 13.9. The van der Waals surface area contributed by atoms with E-state index in [1.807, 2.05) is 0 Å². The van der Waals surface area contributed by atoms with Crippen molar-refractivity contribution in [1.29, 1.82) is 0 Å². The van der Waals surface area contributed by atoms with Crippen molar-refractivity contribution in [3.63, 3.8) is 0 Å². The highest BCUT2D eigenvalue weighted by molar-refractivity contribution is 5.51. The molecule has 0 amide bonds. The van der Waals surface area contributed by atoms with Gasteiger partial charge in [0.05, 0.1) is 11.9 Å². The fourth-order valence-corrected chi connectivity index (χ4v) is 1.67. The van der Waals surface area contributed by atoms with Gasteiger partial charge in [-0.05, 0) is 24.3 Å². The smallest absolute Gasteiger partial charge is 0.247 e. The van der Waals surface area contributed by atoms with Crippen LogP contribution in [0.15, 0.2) is 34.9 Å². The van der Waals surface area contributed by atoms with Crippen LogP contribution in [-0.2, 0) is 13.1 Å². The topological polar surface area (TPSA) is 95.7 Å². The maximum Gasteiger partial charge on any atom is 0.247 e. The molecule has 0 spiro atoms. The van der Waals surface area contributed by atoms with Crippen molar-refractivity contribution in [3.8, 4) is 11.5 Å². The molecule has 1 aromatic carbocycles. The van der Waals surface area contributed by atoms with Crippen LogP contribution >= 0.6 is 0 Å². The quantitative estimate of drug-likeness (QED) is 0.761. The summed E-state index contributed by atoms with van der Waals surface area (Å²) in [5.41, 5.74) is 6.79. The molecule has 20 heavy (non-hydrogen) atoms. The van der Waals surface area contributed by atoms with Crippen molar-refractivity contribution in [3.05, 3.63) is 47.9 Å². The SMILES string of the molecule is NCc1cn(Cc2nnc(-c3ccc(F)cc3)o2)nn1. The summed E-state index contributed by atoms with van der Waals surface area (Å²) in [4.78, 5) is 0. The fourth-order valence-electron chi connectivity index (χ4n) is 1.67. The number of halogens is 1. The molecule has 0 saturated carbocycles. The minimum Gasteiger partial charge on any atom is -0.419 e. The van der Waals surface area contributed by atoms with Crippen molar-refractivity contribution in [2.45, 2.75) is 13.1 Å². The Bertz CT molecular complexity index is 705. The van der Waals surface area contributed by atoms with Gasteiger partial charge in [0.1, 0.15) is 12.4 Å². The average molecular weight is 274 g/mol. The molecule has 2 N–H and O–H groups in total. The maximum absolute atomic E-state index is 12.8. The molecule has 0 aliphatic carbocycles. The number of nitrogens with two attached hydrogens (primary N) is 1. The van der Waals surface area contributed by atoms with E-state index in [2.05, 4.69) is 20.5 Å². The van der Waals surface area contributed by atoms with Crippen molar-refractivity contribution < 1.29 is 8.81 Å². The lowest BCUT2D eigenvalue weighted by atomic mass is 10.2. The van der Waals surface area contributed by atoms with Crippen molar-refractivity contribution in [2.75, 3.05) is 0 Å². The first kappa shape index (κ1) is 12.4. The Balaban J connectivity index is 1.78. The van der Waals surface area contributed by atoms with E-state index in [4.69, 9.17) is 10.2 Å². The monoisotopic (exact) mass is 274 g/mol. The van der Waals surface area contributed by atoms with Crippen molar-refractivity contribution in [1.82, 2.24) is 25.2 Å². The molecule has 2 aromatic heterocycles. The molecule has 2 heterocycles. The summed E-state index contributed by atoms with van der Waals surface area (Å²) in [6, 6.07) is 5.83. The van der Waals surface area contributed by atoms with Gasteiger partial charge in [-0.15, -0.1) is 15.3 Å². The zero-order valence-corrected chi connectivity index (χ0v) is 10.4. The molecule has 0 aliphatic heterocycles. The van der Waals surface area contributed by atoms with Crippen LogP contribution in [0.5, 0.6) is 0 Å². The summed E-state index contributed by atoms with van der Waals surface area (Å²) >= 11 is 0. The summed E-state index contributed by atoms with van der Waals surface area (Å²) < 4.78 is 19.9. The summed E-state index contributed by atoms with van der Waals surface area (Å²) in [5, 5.41) is 15.6. The molecular formula is C12H11FN6O. The highest BCUT2D eigenvalue weighted by Gasteiger charge is 2.10. The molecule has 102 valence electrons. The molecule has 0 radical (unpaired) electrons. The summed E-state index contributed by atoms with van der Waals surface area (Å²) in [7, 11) is 0. The first-order chi connectivity index (χ1) is 9.74. The summed E-state index contributed by atoms with van der Waals surface area (Å²) in [6.45, 7) is 0.631. The molecule has 0 bridgehead atoms. The standard InChI is InChI=1S/C12H11FN6O/c13-9-3-1-8(2-4-9)12-17-16-11(20-12)7-19-6-10(5-14)15-18-19/h1-4,6H,5,7,14H2. The first-order valence-corrected chi connectivity index (χ1v) is 5.92. The molecule has 3 rings (SSSR count). The Hall–Kier alpha value is -2.61. The third-order valence-electron chi connectivity index (χ3n) is 2.65. The Labute approximate surface area is 113 Å². The van der Waals surface area contributed by atoms with E-state index in [-0.39, 0.29) is 5.82 Å². The van der Waals surface area contributed by atoms with E-state index in [0.717, 1.165) is 0 Å². The van der Waals surface area contributed by atoms with E-state index < -0.39 is 0 Å². The maximum atomic E-state index is 12.8. The largest absolute Gasteiger partial charge is 0.419 e. The molecule has 0 aliphatic rings. The Kier molecular flexibility index (Phi) is 3.21. The fraction of sp³-hybridized carbons (Fsp3) is 0.167. The van der Waals surface area contributed by atoms with Gasteiger partial charge >= 0.3 is 0 Å². The van der Waals surface area contributed by atoms with Crippen LogP contribution in [0.25, 0.3) is 11.5 Å². The Morgan fingerprint density at radius 1 is 1.15 bits per heavy atom. The van der Waals surface area contributed by atoms with Gasteiger partial charge in [-0.1, -0.05) is 5.21 Å². The molecule has 0 saturated heterocycles. The van der Waals surface area contributed by atoms with Crippen LogP contribution < -0.4 is 5.73 Å². The predicted octanol–water partition coefficient (Wildman–Crippen LogP) is 0.974. The number of hydrogen-bond donors (Lipinski definition) is 1. The second kappa shape index (κ2) is 5.17. The molecule has 0 atom stereocenters. The Morgan fingerprint density at radius 2 is 1.95 bits per heavy atom. The van der Waals surface area contributed by atoms with Crippen molar-refractivity contribution >= 4 is 0 Å². The number of nitrogens with zero attached hydrogens (tertiary/aromatic N) is 5. The molecule has 0 unspecified atom stereocenters. The first-order valence-electron chi connectivity index (χ1n) is 5.92. The van der Waals surface area contributed by atoms with E-state index in [0.29, 0.717) is 36.1 Å². The van der Waals surface area contributed by atoms with Crippen LogP contribution in [0, 0.1) is 5.82 Å². The number of aromatic nitrogens is 5. The minimum atomic E-state index is -0.314. The number of hydrogen-bond acceptors (Lipinski definition) is 6. The normalized spacial score (nSPS) is 10.9. The zero-order valence-electron chi connectivity index (χ0n) is 10.4. The molecule has 8 heteroatoms. The average Bonchev–Trinajstić information content (AvgIpc) is 3.09. The van der Waals surface area contributed by atoms with Crippen LogP contribution in [0.3, 0.4) is 0 Å². The number of benzene rings is 1. The lowest BCUT2D eigenvalue weighted by Gasteiger charge is -1.95. The molecular weight excluding hydrogens is 263 g/mol. The van der Waals surface area contributed by atoms with Gasteiger partial charge < -0.3 is 10.2 Å². The van der Waals surface area contributed by atoms with E-state index in [1.165, 1.54) is 12.1 Å².